The summed E-state index contributed by atoms with van der Waals surface area (Å²) in [7, 11) is 3.98. The van der Waals surface area contributed by atoms with E-state index in [0.717, 1.165) is 56.4 Å². The lowest BCUT2D eigenvalue weighted by Gasteiger charge is -2.33. The standard InChI is InChI=1S/C20H29N3O2/c1-22(2)18-10-6-16(7-11-18)20(25)23-13-3-4-15(14-23)5-12-19(24)21-17-8-9-17/h6-7,10-11,15,17H,3-5,8-9,12-14H2,1-2H3,(H,21,24)/t15-/m1/s1. The van der Waals surface area contributed by atoms with Gasteiger partial charge >= 0.3 is 0 Å². The van der Waals surface area contributed by atoms with Gasteiger partial charge in [-0.25, -0.2) is 0 Å². The molecule has 1 aromatic carbocycles. The van der Waals surface area contributed by atoms with Crippen LogP contribution in [0.1, 0.15) is 48.9 Å². The topological polar surface area (TPSA) is 52.7 Å². The van der Waals surface area contributed by atoms with E-state index in [1.54, 1.807) is 0 Å². The van der Waals surface area contributed by atoms with Crippen LogP contribution in [-0.4, -0.2) is 49.9 Å². The molecule has 3 rings (SSSR count). The largest absolute Gasteiger partial charge is 0.378 e. The molecule has 2 aliphatic rings. The van der Waals surface area contributed by atoms with Crippen LogP contribution in [0.3, 0.4) is 0 Å². The van der Waals surface area contributed by atoms with Gasteiger partial charge in [0.25, 0.3) is 5.91 Å². The molecule has 0 radical (unpaired) electrons. The summed E-state index contributed by atoms with van der Waals surface area (Å²) in [6.07, 6.45) is 5.85. The van der Waals surface area contributed by atoms with Gasteiger partial charge in [0, 0.05) is 50.9 Å². The minimum absolute atomic E-state index is 0.109. The third-order valence-corrected chi connectivity index (χ3v) is 5.16. The van der Waals surface area contributed by atoms with Crippen LogP contribution in [0.2, 0.25) is 0 Å². The Kier molecular flexibility index (Phi) is 5.61. The smallest absolute Gasteiger partial charge is 0.253 e. The molecule has 136 valence electrons. The summed E-state index contributed by atoms with van der Waals surface area (Å²) in [6, 6.07) is 8.21. The Bertz CT molecular complexity index is 608. The first kappa shape index (κ1) is 17.8. The maximum Gasteiger partial charge on any atom is 0.253 e. The van der Waals surface area contributed by atoms with E-state index >= 15 is 0 Å². The van der Waals surface area contributed by atoms with Gasteiger partial charge in [0.1, 0.15) is 0 Å². The highest BCUT2D eigenvalue weighted by Gasteiger charge is 2.26. The maximum absolute atomic E-state index is 12.8. The summed E-state index contributed by atoms with van der Waals surface area (Å²) in [5.41, 5.74) is 1.84. The van der Waals surface area contributed by atoms with Crippen molar-refractivity contribution in [1.82, 2.24) is 10.2 Å². The van der Waals surface area contributed by atoms with Gasteiger partial charge in [-0.05, 0) is 62.3 Å². The van der Waals surface area contributed by atoms with Crippen molar-refractivity contribution < 1.29 is 9.59 Å². The highest BCUT2D eigenvalue weighted by molar-refractivity contribution is 5.94. The SMILES string of the molecule is CN(C)c1ccc(C(=O)N2CCC[C@H](CCC(=O)NC3CC3)C2)cc1. The van der Waals surface area contributed by atoms with E-state index in [0.29, 0.717) is 18.4 Å². The molecule has 1 saturated heterocycles. The molecule has 5 heteroatoms. The molecule has 1 N–H and O–H groups in total. The Hall–Kier alpha value is -2.04. The van der Waals surface area contributed by atoms with Crippen LogP contribution in [0.25, 0.3) is 0 Å². The number of carbonyl (C=O) groups is 2. The fourth-order valence-electron chi connectivity index (χ4n) is 3.43. The van der Waals surface area contributed by atoms with Crippen LogP contribution in [-0.2, 0) is 4.79 Å². The van der Waals surface area contributed by atoms with E-state index in [9.17, 15) is 9.59 Å². The predicted octanol–water partition coefficient (Wildman–Crippen LogP) is 2.66. The van der Waals surface area contributed by atoms with Gasteiger partial charge < -0.3 is 15.1 Å². The number of carbonyl (C=O) groups excluding carboxylic acids is 2. The number of hydrogen-bond donors (Lipinski definition) is 1. The van der Waals surface area contributed by atoms with Crippen LogP contribution in [0.4, 0.5) is 5.69 Å². The number of amides is 2. The predicted molar refractivity (Wildman–Crippen MR) is 99.8 cm³/mol. The minimum Gasteiger partial charge on any atom is -0.378 e. The minimum atomic E-state index is 0.109. The quantitative estimate of drug-likeness (QED) is 0.864. The monoisotopic (exact) mass is 343 g/mol. The molecule has 1 saturated carbocycles. The van der Waals surface area contributed by atoms with Crippen LogP contribution in [0.5, 0.6) is 0 Å². The average molecular weight is 343 g/mol. The third kappa shape index (κ3) is 4.97. The molecular weight excluding hydrogens is 314 g/mol. The highest BCUT2D eigenvalue weighted by atomic mass is 16.2. The fraction of sp³-hybridized carbons (Fsp3) is 0.600. The van der Waals surface area contributed by atoms with E-state index in [1.807, 2.05) is 48.2 Å². The average Bonchev–Trinajstić information content (AvgIpc) is 3.43. The number of hydrogen-bond acceptors (Lipinski definition) is 3. The van der Waals surface area contributed by atoms with Gasteiger partial charge in [0.2, 0.25) is 5.91 Å². The Morgan fingerprint density at radius 1 is 1.16 bits per heavy atom. The first-order valence-electron chi connectivity index (χ1n) is 9.39. The maximum atomic E-state index is 12.8. The van der Waals surface area contributed by atoms with E-state index in [1.165, 1.54) is 0 Å². The van der Waals surface area contributed by atoms with Gasteiger partial charge in [0.15, 0.2) is 0 Å². The van der Waals surface area contributed by atoms with Gasteiger partial charge in [-0.15, -0.1) is 0 Å². The third-order valence-electron chi connectivity index (χ3n) is 5.16. The van der Waals surface area contributed by atoms with Crippen molar-refractivity contribution in [2.75, 3.05) is 32.1 Å². The van der Waals surface area contributed by atoms with Crippen LogP contribution in [0.15, 0.2) is 24.3 Å². The van der Waals surface area contributed by atoms with Crippen LogP contribution < -0.4 is 10.2 Å². The molecule has 1 aliphatic heterocycles. The molecule has 1 heterocycles. The lowest BCUT2D eigenvalue weighted by molar-refractivity contribution is -0.121. The van der Waals surface area contributed by atoms with E-state index in [2.05, 4.69) is 5.32 Å². The molecule has 25 heavy (non-hydrogen) atoms. The molecule has 2 fully saturated rings. The van der Waals surface area contributed by atoms with E-state index in [-0.39, 0.29) is 11.8 Å². The van der Waals surface area contributed by atoms with Gasteiger partial charge in [0.05, 0.1) is 0 Å². The zero-order valence-corrected chi connectivity index (χ0v) is 15.3. The second-order valence-corrected chi connectivity index (χ2v) is 7.58. The van der Waals surface area contributed by atoms with Crippen LogP contribution in [0, 0.1) is 5.92 Å². The summed E-state index contributed by atoms with van der Waals surface area (Å²) >= 11 is 0. The summed E-state index contributed by atoms with van der Waals surface area (Å²) in [6.45, 7) is 1.59. The van der Waals surface area contributed by atoms with Gasteiger partial charge in [-0.3, -0.25) is 9.59 Å². The first-order valence-corrected chi connectivity index (χ1v) is 9.39. The fourth-order valence-corrected chi connectivity index (χ4v) is 3.43. The summed E-state index contributed by atoms with van der Waals surface area (Å²) in [5, 5.41) is 3.04. The van der Waals surface area contributed by atoms with Gasteiger partial charge in [-0.2, -0.15) is 0 Å². The molecule has 2 amide bonds. The number of nitrogens with one attached hydrogen (secondary N) is 1. The van der Waals surface area contributed by atoms with Crippen LogP contribution >= 0.6 is 0 Å². The lowest BCUT2D eigenvalue weighted by Crippen LogP contribution is -2.40. The van der Waals surface area contributed by atoms with Crippen molar-refractivity contribution >= 4 is 17.5 Å². The van der Waals surface area contributed by atoms with E-state index < -0.39 is 0 Å². The van der Waals surface area contributed by atoms with Crippen molar-refractivity contribution in [3.8, 4) is 0 Å². The molecule has 1 aliphatic carbocycles. The lowest BCUT2D eigenvalue weighted by atomic mass is 9.92. The summed E-state index contributed by atoms with van der Waals surface area (Å²) in [5.74, 6) is 0.714. The molecule has 0 unspecified atom stereocenters. The summed E-state index contributed by atoms with van der Waals surface area (Å²) in [4.78, 5) is 28.6. The molecule has 0 aromatic heterocycles. The Balaban J connectivity index is 1.51. The molecule has 1 aromatic rings. The number of likely N-dealkylation sites (tertiary alicyclic amines) is 1. The second-order valence-electron chi connectivity index (χ2n) is 7.58. The number of rotatable bonds is 6. The van der Waals surface area contributed by atoms with Crippen molar-refractivity contribution in [3.63, 3.8) is 0 Å². The molecule has 0 bridgehead atoms. The normalized spacial score (nSPS) is 20.2. The number of piperidine rings is 1. The molecule has 1 atom stereocenters. The Morgan fingerprint density at radius 2 is 1.88 bits per heavy atom. The Labute approximate surface area is 150 Å². The van der Waals surface area contributed by atoms with Crippen molar-refractivity contribution in [2.24, 2.45) is 5.92 Å². The number of nitrogens with zero attached hydrogens (tertiary/aromatic N) is 2. The molecular formula is C20H29N3O2. The number of benzene rings is 1. The van der Waals surface area contributed by atoms with Gasteiger partial charge in [-0.1, -0.05) is 0 Å². The Morgan fingerprint density at radius 3 is 2.52 bits per heavy atom. The first-order chi connectivity index (χ1) is 12.0. The second kappa shape index (κ2) is 7.89. The molecule has 0 spiro atoms. The highest BCUT2D eigenvalue weighted by Crippen LogP contribution is 2.24. The molecule has 5 nitrogen and oxygen atoms in total. The van der Waals surface area contributed by atoms with Crippen molar-refractivity contribution in [1.29, 1.82) is 0 Å². The summed E-state index contributed by atoms with van der Waals surface area (Å²) < 4.78 is 0. The zero-order chi connectivity index (χ0) is 17.8. The number of anilines is 1. The zero-order valence-electron chi connectivity index (χ0n) is 15.3. The van der Waals surface area contributed by atoms with Crippen molar-refractivity contribution in [3.05, 3.63) is 29.8 Å². The van der Waals surface area contributed by atoms with Crippen molar-refractivity contribution in [2.45, 2.75) is 44.6 Å². The van der Waals surface area contributed by atoms with E-state index in [4.69, 9.17) is 0 Å².